The minimum atomic E-state index is -1.04. The van der Waals surface area contributed by atoms with Gasteiger partial charge in [0.1, 0.15) is 6.04 Å². The number of fused-ring (bicyclic) bond motifs is 1. The van der Waals surface area contributed by atoms with Gasteiger partial charge in [-0.15, -0.1) is 11.3 Å². The summed E-state index contributed by atoms with van der Waals surface area (Å²) in [4.78, 5) is 45.0. The number of rotatable bonds is 7. The Morgan fingerprint density at radius 2 is 1.72 bits per heavy atom. The third kappa shape index (κ3) is 4.56. The average Bonchev–Trinajstić information content (AvgIpc) is 3.33. The van der Waals surface area contributed by atoms with Crippen molar-refractivity contribution in [1.82, 2.24) is 4.90 Å². The molecule has 1 aliphatic heterocycles. The van der Waals surface area contributed by atoms with E-state index in [9.17, 15) is 14.4 Å². The third-order valence-corrected chi connectivity index (χ3v) is 6.55. The van der Waals surface area contributed by atoms with E-state index in [1.165, 1.54) is 0 Å². The van der Waals surface area contributed by atoms with Crippen LogP contribution in [0.1, 0.15) is 38.1 Å². The Morgan fingerprint density at radius 1 is 1.06 bits per heavy atom. The zero-order chi connectivity index (χ0) is 22.7. The lowest BCUT2D eigenvalue weighted by atomic mass is 10.0. The van der Waals surface area contributed by atoms with E-state index < -0.39 is 23.8 Å². The first-order valence-electron chi connectivity index (χ1n) is 10.00. The Balaban J connectivity index is 1.55. The minimum absolute atomic E-state index is 0.158. The van der Waals surface area contributed by atoms with Crippen molar-refractivity contribution in [2.24, 2.45) is 4.99 Å². The summed E-state index contributed by atoms with van der Waals surface area (Å²) in [5, 5.41) is 0. The molecule has 0 fully saturated rings. The number of thiophene rings is 1. The number of carbonyl (C=O) groups is 3. The van der Waals surface area contributed by atoms with Crippen LogP contribution in [-0.4, -0.2) is 41.5 Å². The van der Waals surface area contributed by atoms with Gasteiger partial charge < -0.3 is 4.74 Å². The molecule has 2 heterocycles. The van der Waals surface area contributed by atoms with Crippen molar-refractivity contribution in [3.63, 3.8) is 0 Å². The van der Waals surface area contributed by atoms with Crippen molar-refractivity contribution >= 4 is 57.0 Å². The number of esters is 1. The molecule has 1 aliphatic rings. The maximum atomic E-state index is 12.9. The minimum Gasteiger partial charge on any atom is -0.464 e. The van der Waals surface area contributed by atoms with Crippen molar-refractivity contribution in [2.75, 3.05) is 6.61 Å². The van der Waals surface area contributed by atoms with Crippen LogP contribution in [0, 0.1) is 0 Å². The predicted molar refractivity (Wildman–Crippen MR) is 127 cm³/mol. The number of benzene rings is 2. The number of ether oxygens (including phenoxy) is 1. The van der Waals surface area contributed by atoms with Gasteiger partial charge in [-0.25, -0.2) is 4.79 Å². The molecule has 3 aromatic rings. The first-order chi connectivity index (χ1) is 15.5. The Kier molecular flexibility index (Phi) is 6.62. The molecule has 2 amide bonds. The molecule has 0 saturated heterocycles. The fraction of sp³-hybridized carbons (Fsp3) is 0.167. The topological polar surface area (TPSA) is 76.0 Å². The van der Waals surface area contributed by atoms with Crippen LogP contribution in [0.5, 0.6) is 0 Å². The summed E-state index contributed by atoms with van der Waals surface area (Å²) < 4.78 is 6.22. The molecule has 4 rings (SSSR count). The summed E-state index contributed by atoms with van der Waals surface area (Å²) in [7, 11) is 0. The first kappa shape index (κ1) is 22.1. The molecule has 32 heavy (non-hydrogen) atoms. The fourth-order valence-electron chi connectivity index (χ4n) is 3.49. The Bertz CT molecular complexity index is 1170. The van der Waals surface area contributed by atoms with Gasteiger partial charge in [-0.05, 0) is 64.8 Å². The van der Waals surface area contributed by atoms with Crippen LogP contribution in [0.3, 0.4) is 0 Å². The molecule has 2 aromatic carbocycles. The van der Waals surface area contributed by atoms with Gasteiger partial charge in [-0.3, -0.25) is 19.5 Å². The summed E-state index contributed by atoms with van der Waals surface area (Å²) in [5.74, 6) is -1.56. The summed E-state index contributed by atoms with van der Waals surface area (Å²) in [6.07, 6.45) is 1.94. The van der Waals surface area contributed by atoms with Gasteiger partial charge in [0.15, 0.2) is 0 Å². The van der Waals surface area contributed by atoms with Crippen LogP contribution in [0.25, 0.3) is 0 Å². The largest absolute Gasteiger partial charge is 0.464 e. The van der Waals surface area contributed by atoms with Crippen LogP contribution in [-0.2, 0) is 16.0 Å². The molecule has 0 unspecified atom stereocenters. The standard InChI is InChI=1S/C24H19BrN2O4S/c1-2-31-24(30)20(27-22(28)18-5-3-4-6-19(18)23(27)29)13-15-7-9-16(10-8-15)26-14-17-11-12-21(25)32-17/h3-12,14,20H,2,13H2,1H3/t20-/m0/s1. The molecule has 0 spiro atoms. The van der Waals surface area contributed by atoms with Crippen LogP contribution in [0.15, 0.2) is 69.4 Å². The molecule has 6 nitrogen and oxygen atoms in total. The average molecular weight is 511 g/mol. The molecular formula is C24H19BrN2O4S. The predicted octanol–water partition coefficient (Wildman–Crippen LogP) is 5.03. The Morgan fingerprint density at radius 3 is 2.28 bits per heavy atom. The van der Waals surface area contributed by atoms with Gasteiger partial charge in [0, 0.05) is 17.5 Å². The van der Waals surface area contributed by atoms with E-state index >= 15 is 0 Å². The molecular weight excluding hydrogens is 492 g/mol. The number of amides is 2. The number of carbonyl (C=O) groups excluding carboxylic acids is 3. The zero-order valence-electron chi connectivity index (χ0n) is 17.2. The first-order valence-corrected chi connectivity index (χ1v) is 11.6. The van der Waals surface area contributed by atoms with Gasteiger partial charge in [0.25, 0.3) is 11.8 Å². The Labute approximate surface area is 197 Å². The molecule has 1 aromatic heterocycles. The molecule has 1 atom stereocenters. The molecule has 8 heteroatoms. The lowest BCUT2D eigenvalue weighted by Gasteiger charge is -2.24. The third-order valence-electron chi connectivity index (χ3n) is 5.00. The number of hydrogen-bond donors (Lipinski definition) is 0. The van der Waals surface area contributed by atoms with E-state index in [1.54, 1.807) is 48.7 Å². The van der Waals surface area contributed by atoms with E-state index in [4.69, 9.17) is 4.74 Å². The van der Waals surface area contributed by atoms with Crippen LogP contribution < -0.4 is 0 Å². The quantitative estimate of drug-likeness (QED) is 0.253. The number of hydrogen-bond acceptors (Lipinski definition) is 6. The van der Waals surface area contributed by atoms with Crippen molar-refractivity contribution in [3.8, 4) is 0 Å². The van der Waals surface area contributed by atoms with Crippen LogP contribution in [0.2, 0.25) is 0 Å². The summed E-state index contributed by atoms with van der Waals surface area (Å²) in [6, 6.07) is 16.8. The molecule has 0 saturated carbocycles. The normalized spacial score (nSPS) is 14.1. The number of halogens is 1. The van der Waals surface area contributed by atoms with Crippen molar-refractivity contribution in [2.45, 2.75) is 19.4 Å². The van der Waals surface area contributed by atoms with Gasteiger partial charge in [-0.2, -0.15) is 0 Å². The fourth-order valence-corrected chi connectivity index (χ4v) is 4.78. The van der Waals surface area contributed by atoms with Crippen molar-refractivity contribution < 1.29 is 19.1 Å². The van der Waals surface area contributed by atoms with E-state index in [-0.39, 0.29) is 13.0 Å². The lowest BCUT2D eigenvalue weighted by molar-refractivity contribution is -0.147. The maximum Gasteiger partial charge on any atom is 0.329 e. The smallest absolute Gasteiger partial charge is 0.329 e. The maximum absolute atomic E-state index is 12.9. The van der Waals surface area contributed by atoms with Crippen molar-refractivity contribution in [1.29, 1.82) is 0 Å². The number of imide groups is 1. The molecule has 0 aliphatic carbocycles. The van der Waals surface area contributed by atoms with E-state index in [2.05, 4.69) is 20.9 Å². The summed E-state index contributed by atoms with van der Waals surface area (Å²) in [5.41, 5.74) is 2.15. The van der Waals surface area contributed by atoms with Crippen molar-refractivity contribution in [3.05, 3.63) is 86.0 Å². The number of aliphatic imine (C=N–C) groups is 1. The highest BCUT2D eigenvalue weighted by Gasteiger charge is 2.43. The second-order valence-electron chi connectivity index (χ2n) is 7.06. The molecule has 0 bridgehead atoms. The van der Waals surface area contributed by atoms with E-state index in [1.807, 2.05) is 36.4 Å². The second-order valence-corrected chi connectivity index (χ2v) is 9.56. The monoisotopic (exact) mass is 510 g/mol. The summed E-state index contributed by atoms with van der Waals surface area (Å²) >= 11 is 5.01. The van der Waals surface area contributed by atoms with E-state index in [0.717, 1.165) is 24.8 Å². The zero-order valence-corrected chi connectivity index (χ0v) is 19.6. The Hall–Kier alpha value is -3.10. The molecule has 0 N–H and O–H groups in total. The van der Waals surface area contributed by atoms with E-state index in [0.29, 0.717) is 11.1 Å². The van der Waals surface area contributed by atoms with Gasteiger partial charge in [-0.1, -0.05) is 24.3 Å². The van der Waals surface area contributed by atoms with Gasteiger partial charge in [0.2, 0.25) is 0 Å². The van der Waals surface area contributed by atoms with Gasteiger partial charge >= 0.3 is 5.97 Å². The molecule has 162 valence electrons. The molecule has 0 radical (unpaired) electrons. The SMILES string of the molecule is CCOC(=O)[C@H](Cc1ccc(N=Cc2ccc(Br)s2)cc1)N1C(=O)c2ccccc2C1=O. The highest BCUT2D eigenvalue weighted by molar-refractivity contribution is 9.11. The second kappa shape index (κ2) is 9.58. The lowest BCUT2D eigenvalue weighted by Crippen LogP contribution is -2.47. The number of nitrogens with zero attached hydrogens (tertiary/aromatic N) is 2. The highest BCUT2D eigenvalue weighted by Crippen LogP contribution is 2.27. The van der Waals surface area contributed by atoms with Gasteiger partial charge in [0.05, 0.1) is 27.2 Å². The highest BCUT2D eigenvalue weighted by atomic mass is 79.9. The van der Waals surface area contributed by atoms with Crippen LogP contribution >= 0.6 is 27.3 Å². The summed E-state index contributed by atoms with van der Waals surface area (Å²) in [6.45, 7) is 1.85. The van der Waals surface area contributed by atoms with Crippen LogP contribution in [0.4, 0.5) is 5.69 Å².